The Morgan fingerprint density at radius 1 is 1.12 bits per heavy atom. The molecule has 1 aromatic rings. The average molecular weight is 569 g/mol. The van der Waals surface area contributed by atoms with Gasteiger partial charge in [-0.1, -0.05) is 12.2 Å². The monoisotopic (exact) mass is 568 g/mol. The summed E-state index contributed by atoms with van der Waals surface area (Å²) in [6, 6.07) is 6.28. The van der Waals surface area contributed by atoms with Gasteiger partial charge in [0.05, 0.1) is 25.2 Å². The smallest absolute Gasteiger partial charge is 0.312 e. The molecule has 3 aliphatic heterocycles. The summed E-state index contributed by atoms with van der Waals surface area (Å²) in [6.07, 6.45) is 8.90. The number of benzene rings is 1. The lowest BCUT2D eigenvalue weighted by molar-refractivity contribution is -0.159. The van der Waals surface area contributed by atoms with Crippen molar-refractivity contribution >= 4 is 23.5 Å². The molecule has 41 heavy (non-hydrogen) atoms. The van der Waals surface area contributed by atoms with E-state index in [1.807, 2.05) is 13.0 Å². The predicted octanol–water partition coefficient (Wildman–Crippen LogP) is 4.04. The minimum atomic E-state index is -1.13. The second-order valence-electron chi connectivity index (χ2n) is 11.4. The highest BCUT2D eigenvalue weighted by Crippen LogP contribution is 2.63. The molecule has 9 nitrogen and oxygen atoms in total. The van der Waals surface area contributed by atoms with E-state index in [1.165, 1.54) is 0 Å². The third-order valence-corrected chi connectivity index (χ3v) is 8.83. The molecule has 3 heterocycles. The van der Waals surface area contributed by atoms with Crippen LogP contribution in [0.3, 0.4) is 0 Å². The molecule has 2 bridgehead atoms. The summed E-state index contributed by atoms with van der Waals surface area (Å²) in [5, 5.41) is 9.27. The summed E-state index contributed by atoms with van der Waals surface area (Å²) in [5.74, 6) is -1.85. The summed E-state index contributed by atoms with van der Waals surface area (Å²) in [4.78, 5) is 45.5. The van der Waals surface area contributed by atoms with Crippen molar-refractivity contribution in [2.75, 3.05) is 38.3 Å². The lowest BCUT2D eigenvalue weighted by atomic mass is 9.66. The molecule has 224 valence electrons. The molecule has 9 heteroatoms. The molecule has 2 amide bonds. The molecule has 1 aromatic carbocycles. The van der Waals surface area contributed by atoms with E-state index in [9.17, 15) is 19.5 Å². The first-order chi connectivity index (χ1) is 19.8. The summed E-state index contributed by atoms with van der Waals surface area (Å²) >= 11 is 0. The number of hydrogen-bond donors (Lipinski definition) is 1. The third kappa shape index (κ3) is 5.79. The van der Waals surface area contributed by atoms with Crippen LogP contribution in [0.15, 0.2) is 49.6 Å². The van der Waals surface area contributed by atoms with E-state index in [-0.39, 0.29) is 31.6 Å². The van der Waals surface area contributed by atoms with Crippen LogP contribution in [0.25, 0.3) is 0 Å². The minimum Gasteiger partial charge on any atom is -0.497 e. The molecule has 3 saturated heterocycles. The van der Waals surface area contributed by atoms with Crippen molar-refractivity contribution in [2.45, 2.75) is 75.5 Å². The molecule has 0 aromatic heterocycles. The summed E-state index contributed by atoms with van der Waals surface area (Å²) in [7, 11) is 1.58. The lowest BCUT2D eigenvalue weighted by Gasteiger charge is -2.37. The highest BCUT2D eigenvalue weighted by Gasteiger charge is 2.78. The van der Waals surface area contributed by atoms with Gasteiger partial charge in [0.1, 0.15) is 23.3 Å². The number of carbonyl (C=O) groups is 3. The predicted molar refractivity (Wildman–Crippen MR) is 155 cm³/mol. The number of aliphatic hydroxyl groups is 1. The van der Waals surface area contributed by atoms with Gasteiger partial charge in [0.2, 0.25) is 5.91 Å². The number of esters is 1. The van der Waals surface area contributed by atoms with Gasteiger partial charge >= 0.3 is 5.97 Å². The Morgan fingerprint density at radius 2 is 1.88 bits per heavy atom. The van der Waals surface area contributed by atoms with E-state index in [2.05, 4.69) is 13.2 Å². The first kappa shape index (κ1) is 30.8. The van der Waals surface area contributed by atoms with Crippen LogP contribution in [0, 0.1) is 11.8 Å². The molecule has 4 rings (SSSR count). The van der Waals surface area contributed by atoms with E-state index >= 15 is 0 Å². The number of nitrogens with zero attached hydrogens (tertiary/aromatic N) is 2. The van der Waals surface area contributed by atoms with Gasteiger partial charge in [-0.3, -0.25) is 14.4 Å². The molecule has 0 saturated carbocycles. The second kappa shape index (κ2) is 13.2. The number of rotatable bonds is 16. The Kier molecular flexibility index (Phi) is 9.92. The Hall–Kier alpha value is -3.17. The van der Waals surface area contributed by atoms with Crippen LogP contribution in [-0.4, -0.2) is 78.4 Å². The fourth-order valence-corrected chi connectivity index (χ4v) is 6.89. The number of methoxy groups -OCH3 is 1. The number of fused-ring (bicyclic) bond motifs is 1. The van der Waals surface area contributed by atoms with Gasteiger partial charge < -0.3 is 29.1 Å². The van der Waals surface area contributed by atoms with Gasteiger partial charge in [-0.2, -0.15) is 0 Å². The highest BCUT2D eigenvalue weighted by atomic mass is 16.6. The molecule has 5 atom stereocenters. The van der Waals surface area contributed by atoms with Crippen LogP contribution >= 0.6 is 0 Å². The van der Waals surface area contributed by atoms with Crippen molar-refractivity contribution < 1.29 is 33.7 Å². The summed E-state index contributed by atoms with van der Waals surface area (Å²) in [5.41, 5.74) is -1.36. The molecule has 3 aliphatic rings. The second-order valence-corrected chi connectivity index (χ2v) is 11.4. The summed E-state index contributed by atoms with van der Waals surface area (Å²) < 4.78 is 17.7. The number of ether oxygens (including phenoxy) is 3. The van der Waals surface area contributed by atoms with E-state index < -0.39 is 35.0 Å². The topological polar surface area (TPSA) is 106 Å². The van der Waals surface area contributed by atoms with Crippen LogP contribution in [0.2, 0.25) is 0 Å². The number of likely N-dealkylation sites (tertiary alicyclic amines) is 1. The number of hydrogen-bond acceptors (Lipinski definition) is 7. The lowest BCUT2D eigenvalue weighted by Crippen LogP contribution is -2.56. The van der Waals surface area contributed by atoms with E-state index in [0.29, 0.717) is 56.5 Å². The number of amides is 2. The molecule has 2 unspecified atom stereocenters. The molecule has 0 aliphatic carbocycles. The van der Waals surface area contributed by atoms with Crippen LogP contribution in [0.1, 0.15) is 58.3 Å². The zero-order valence-electron chi connectivity index (χ0n) is 24.4. The van der Waals surface area contributed by atoms with Crippen molar-refractivity contribution in [3.8, 4) is 5.75 Å². The molecule has 3 fully saturated rings. The van der Waals surface area contributed by atoms with Crippen molar-refractivity contribution in [1.82, 2.24) is 4.90 Å². The summed E-state index contributed by atoms with van der Waals surface area (Å²) in [6.45, 7) is 10.4. The van der Waals surface area contributed by atoms with Gasteiger partial charge in [-0.15, -0.1) is 13.2 Å². The van der Waals surface area contributed by atoms with Gasteiger partial charge in [0, 0.05) is 25.4 Å². The average Bonchev–Trinajstić information content (AvgIpc) is 3.54. The minimum absolute atomic E-state index is 0.0651. The zero-order valence-corrected chi connectivity index (χ0v) is 24.4. The number of carbonyl (C=O) groups excluding carboxylic acids is 3. The van der Waals surface area contributed by atoms with Crippen LogP contribution < -0.4 is 9.64 Å². The van der Waals surface area contributed by atoms with Gasteiger partial charge in [-0.05, 0) is 82.6 Å². The van der Waals surface area contributed by atoms with Gasteiger partial charge in [0.25, 0.3) is 5.91 Å². The molecular formula is C32H44N2O7. The largest absolute Gasteiger partial charge is 0.497 e. The zero-order chi connectivity index (χ0) is 29.6. The SMILES string of the molecule is C=CCCCCOC(=O)[C@H]1[C@H]2C(=O)N(CCCCCO)C(C(=O)N(CC=C)c3ccc(OC)cc3)C23CC[C@]1(C)O3. The first-order valence-corrected chi connectivity index (χ1v) is 14.7. The van der Waals surface area contributed by atoms with E-state index in [1.54, 1.807) is 47.3 Å². The number of allylic oxidation sites excluding steroid dienone is 1. The number of aliphatic hydroxyl groups excluding tert-OH is 1. The Labute approximate surface area is 243 Å². The maximum atomic E-state index is 14.5. The maximum Gasteiger partial charge on any atom is 0.312 e. The number of anilines is 1. The van der Waals surface area contributed by atoms with Crippen molar-refractivity contribution in [3.63, 3.8) is 0 Å². The number of unbranched alkanes of at least 4 members (excludes halogenated alkanes) is 4. The quantitative estimate of drug-likeness (QED) is 0.182. The molecular weight excluding hydrogens is 524 g/mol. The van der Waals surface area contributed by atoms with Crippen molar-refractivity contribution in [3.05, 3.63) is 49.6 Å². The Morgan fingerprint density at radius 3 is 2.54 bits per heavy atom. The fraction of sp³-hybridized carbons (Fsp3) is 0.594. The molecule has 1 N–H and O–H groups in total. The molecule has 0 radical (unpaired) electrons. The van der Waals surface area contributed by atoms with Gasteiger partial charge in [-0.25, -0.2) is 0 Å². The molecule has 1 spiro atoms. The maximum absolute atomic E-state index is 14.5. The third-order valence-electron chi connectivity index (χ3n) is 8.83. The fourth-order valence-electron chi connectivity index (χ4n) is 6.89. The van der Waals surface area contributed by atoms with Crippen molar-refractivity contribution in [2.24, 2.45) is 11.8 Å². The standard InChI is InChI=1S/C32H44N2O7/c1-5-7-8-12-22-40-30(38)26-25-28(36)34(20-10-9-11-21-35)27(32(25)18-17-31(26,3)41-32)29(37)33(19-6-2)23-13-15-24(39-4)16-14-23/h5-6,13-16,25-27,35H,1-2,7-12,17-22H2,3-4H3/t25-,26+,27?,31-,32?/m0/s1. The van der Waals surface area contributed by atoms with E-state index in [0.717, 1.165) is 12.8 Å². The van der Waals surface area contributed by atoms with Crippen LogP contribution in [0.4, 0.5) is 5.69 Å². The van der Waals surface area contributed by atoms with Crippen molar-refractivity contribution in [1.29, 1.82) is 0 Å². The Balaban J connectivity index is 1.67. The first-order valence-electron chi connectivity index (χ1n) is 14.7. The van der Waals surface area contributed by atoms with Crippen LogP contribution in [0.5, 0.6) is 5.75 Å². The van der Waals surface area contributed by atoms with Gasteiger partial charge in [0.15, 0.2) is 0 Å². The van der Waals surface area contributed by atoms with E-state index in [4.69, 9.17) is 14.2 Å². The van der Waals surface area contributed by atoms with Crippen LogP contribution in [-0.2, 0) is 23.9 Å². The Bertz CT molecular complexity index is 1120. The highest BCUT2D eigenvalue weighted by molar-refractivity contribution is 6.04. The normalized spacial score (nSPS) is 27.9.